The molecule has 138 valence electrons. The van der Waals surface area contributed by atoms with Crippen LogP contribution in [0.4, 0.5) is 0 Å². The Morgan fingerprint density at radius 3 is 2.58 bits per heavy atom. The van der Waals surface area contributed by atoms with E-state index in [9.17, 15) is 9.59 Å². The summed E-state index contributed by atoms with van der Waals surface area (Å²) in [5, 5.41) is 3.00. The summed E-state index contributed by atoms with van der Waals surface area (Å²) in [7, 11) is 0. The maximum Gasteiger partial charge on any atom is 0.289 e. The number of furan rings is 1. The molecule has 2 heterocycles. The van der Waals surface area contributed by atoms with Crippen molar-refractivity contribution >= 4 is 23.6 Å². The molecule has 0 radical (unpaired) electrons. The highest BCUT2D eigenvalue weighted by atomic mass is 32.2. The summed E-state index contributed by atoms with van der Waals surface area (Å²) in [6, 6.07) is 11.8. The molecule has 6 heteroatoms. The molecule has 2 aromatic rings. The summed E-state index contributed by atoms with van der Waals surface area (Å²) in [6.45, 7) is 4.60. The first-order valence-electron chi connectivity index (χ1n) is 8.68. The Kier molecular flexibility index (Phi) is 5.71. The summed E-state index contributed by atoms with van der Waals surface area (Å²) in [5.41, 5.74) is 2.32. The van der Waals surface area contributed by atoms with Gasteiger partial charge in [-0.1, -0.05) is 29.8 Å². The minimum Gasteiger partial charge on any atom is -0.455 e. The molecule has 5 nitrogen and oxygen atoms in total. The van der Waals surface area contributed by atoms with Crippen LogP contribution >= 0.6 is 11.8 Å². The second kappa shape index (κ2) is 7.99. The largest absolute Gasteiger partial charge is 0.455 e. The smallest absolute Gasteiger partial charge is 0.289 e. The molecule has 0 aliphatic carbocycles. The average Bonchev–Trinajstić information content (AvgIpc) is 3.22. The molecule has 0 spiro atoms. The van der Waals surface area contributed by atoms with E-state index in [-0.39, 0.29) is 23.8 Å². The normalized spacial score (nSPS) is 19.6. The van der Waals surface area contributed by atoms with Crippen molar-refractivity contribution in [3.05, 3.63) is 59.0 Å². The highest BCUT2D eigenvalue weighted by molar-refractivity contribution is 7.97. The van der Waals surface area contributed by atoms with Gasteiger partial charge in [0.1, 0.15) is 5.76 Å². The van der Waals surface area contributed by atoms with Crippen molar-refractivity contribution in [2.75, 3.05) is 19.3 Å². The van der Waals surface area contributed by atoms with Gasteiger partial charge >= 0.3 is 0 Å². The number of thioether (sulfide) groups is 1. The number of rotatable bonds is 5. The summed E-state index contributed by atoms with van der Waals surface area (Å²) in [6.07, 6.45) is 1.99. The minimum atomic E-state index is -0.123. The van der Waals surface area contributed by atoms with Gasteiger partial charge in [0, 0.05) is 25.9 Å². The van der Waals surface area contributed by atoms with Gasteiger partial charge in [-0.05, 0) is 30.9 Å². The van der Waals surface area contributed by atoms with Gasteiger partial charge in [0.2, 0.25) is 5.91 Å². The van der Waals surface area contributed by atoms with Crippen molar-refractivity contribution in [2.24, 2.45) is 0 Å². The predicted octanol–water partition coefficient (Wildman–Crippen LogP) is 3.20. The first-order valence-corrected chi connectivity index (χ1v) is 10.1. The summed E-state index contributed by atoms with van der Waals surface area (Å²) in [4.78, 5) is 26.2. The fourth-order valence-electron chi connectivity index (χ4n) is 3.40. The van der Waals surface area contributed by atoms with Crippen molar-refractivity contribution in [3.63, 3.8) is 0 Å². The molecule has 1 aromatic carbocycles. The molecule has 26 heavy (non-hydrogen) atoms. The zero-order valence-electron chi connectivity index (χ0n) is 15.3. The second-order valence-electron chi connectivity index (χ2n) is 6.73. The molecular formula is C20H24N2O3S. The van der Waals surface area contributed by atoms with Crippen LogP contribution in [0.2, 0.25) is 0 Å². The number of carbonyl (C=O) groups excluding carboxylic acids is 2. The van der Waals surface area contributed by atoms with Gasteiger partial charge in [0.25, 0.3) is 5.91 Å². The molecule has 1 N–H and O–H groups in total. The van der Waals surface area contributed by atoms with Gasteiger partial charge in [0.05, 0.1) is 11.8 Å². The lowest BCUT2D eigenvalue weighted by Gasteiger charge is -2.19. The molecule has 1 fully saturated rings. The summed E-state index contributed by atoms with van der Waals surface area (Å²) >= 11 is 1.65. The fraction of sp³-hybridized carbons (Fsp3) is 0.400. The predicted molar refractivity (Wildman–Crippen MR) is 103 cm³/mol. The van der Waals surface area contributed by atoms with Gasteiger partial charge in [-0.15, -0.1) is 0 Å². The number of likely N-dealkylation sites (tertiary alicyclic amines) is 1. The monoisotopic (exact) mass is 372 g/mol. The third-order valence-corrected chi connectivity index (χ3v) is 5.23. The van der Waals surface area contributed by atoms with Crippen molar-refractivity contribution < 1.29 is 14.0 Å². The van der Waals surface area contributed by atoms with E-state index >= 15 is 0 Å². The number of hydrogen-bond donors (Lipinski definition) is 1. The Morgan fingerprint density at radius 2 is 1.92 bits per heavy atom. The number of benzene rings is 1. The molecule has 0 saturated carbocycles. The number of nitrogens with zero attached hydrogens (tertiary/aromatic N) is 1. The van der Waals surface area contributed by atoms with Crippen molar-refractivity contribution in [3.8, 4) is 0 Å². The van der Waals surface area contributed by atoms with Crippen LogP contribution in [0.25, 0.3) is 0 Å². The topological polar surface area (TPSA) is 62.6 Å². The van der Waals surface area contributed by atoms with E-state index in [2.05, 4.69) is 29.6 Å². The molecule has 2 unspecified atom stereocenters. The van der Waals surface area contributed by atoms with Crippen LogP contribution in [-0.2, 0) is 10.5 Å². The Hall–Kier alpha value is -2.21. The van der Waals surface area contributed by atoms with Crippen LogP contribution in [-0.4, -0.2) is 42.1 Å². The summed E-state index contributed by atoms with van der Waals surface area (Å²) < 4.78 is 5.67. The number of carbonyl (C=O) groups is 2. The van der Waals surface area contributed by atoms with E-state index in [0.717, 1.165) is 17.1 Å². The molecule has 2 atom stereocenters. The minimum absolute atomic E-state index is 0.0732. The molecule has 1 aliphatic heterocycles. The van der Waals surface area contributed by atoms with Crippen LogP contribution < -0.4 is 5.32 Å². The van der Waals surface area contributed by atoms with Crippen molar-refractivity contribution in [1.29, 1.82) is 0 Å². The van der Waals surface area contributed by atoms with Crippen LogP contribution in [0, 0.1) is 6.92 Å². The Labute approximate surface area is 158 Å². The van der Waals surface area contributed by atoms with E-state index in [0.29, 0.717) is 18.8 Å². The molecule has 1 saturated heterocycles. The summed E-state index contributed by atoms with van der Waals surface area (Å²) in [5.74, 6) is 1.77. The molecule has 3 rings (SSSR count). The first kappa shape index (κ1) is 18.6. The van der Waals surface area contributed by atoms with Crippen LogP contribution in [0.1, 0.15) is 40.3 Å². The van der Waals surface area contributed by atoms with Crippen LogP contribution in [0.5, 0.6) is 0 Å². The van der Waals surface area contributed by atoms with E-state index in [1.165, 1.54) is 12.5 Å². The molecule has 1 aliphatic rings. The maximum atomic E-state index is 12.8. The number of aryl methyl sites for hydroxylation is 1. The quantitative estimate of drug-likeness (QED) is 0.875. The molecule has 1 aromatic heterocycles. The zero-order chi connectivity index (χ0) is 18.7. The number of nitrogens with one attached hydrogen (secondary N) is 1. The Bertz CT molecular complexity index is 785. The third kappa shape index (κ3) is 4.12. The lowest BCUT2D eigenvalue weighted by molar-refractivity contribution is -0.119. The molecular weight excluding hydrogens is 348 g/mol. The number of hydrogen-bond acceptors (Lipinski definition) is 4. The third-order valence-electron chi connectivity index (χ3n) is 4.66. The van der Waals surface area contributed by atoms with Gasteiger partial charge in [0.15, 0.2) is 5.76 Å². The number of amides is 2. The average molecular weight is 372 g/mol. The van der Waals surface area contributed by atoms with Gasteiger partial charge in [-0.2, -0.15) is 11.8 Å². The van der Waals surface area contributed by atoms with E-state index in [1.807, 2.05) is 19.2 Å². The highest BCUT2D eigenvalue weighted by Gasteiger charge is 2.37. The maximum absolute atomic E-state index is 12.8. The van der Waals surface area contributed by atoms with E-state index in [4.69, 9.17) is 4.42 Å². The van der Waals surface area contributed by atoms with Gasteiger partial charge < -0.3 is 14.6 Å². The SMILES string of the molecule is CSCc1ccc(C(=O)N2CC(NC(C)=O)C(c3ccc(C)cc3)C2)o1. The fourth-order valence-corrected chi connectivity index (χ4v) is 3.84. The highest BCUT2D eigenvalue weighted by Crippen LogP contribution is 2.29. The Balaban J connectivity index is 1.79. The second-order valence-corrected chi connectivity index (χ2v) is 7.60. The molecule has 0 bridgehead atoms. The first-order chi connectivity index (χ1) is 12.5. The van der Waals surface area contributed by atoms with Crippen LogP contribution in [0.15, 0.2) is 40.8 Å². The lowest BCUT2D eigenvalue weighted by atomic mass is 9.93. The zero-order valence-corrected chi connectivity index (χ0v) is 16.1. The van der Waals surface area contributed by atoms with E-state index in [1.54, 1.807) is 22.7 Å². The van der Waals surface area contributed by atoms with Crippen molar-refractivity contribution in [2.45, 2.75) is 31.6 Å². The van der Waals surface area contributed by atoms with Crippen molar-refractivity contribution in [1.82, 2.24) is 10.2 Å². The van der Waals surface area contributed by atoms with Crippen LogP contribution in [0.3, 0.4) is 0 Å². The van der Waals surface area contributed by atoms with Gasteiger partial charge in [-0.25, -0.2) is 0 Å². The lowest BCUT2D eigenvalue weighted by Crippen LogP contribution is -2.39. The van der Waals surface area contributed by atoms with E-state index < -0.39 is 0 Å². The Morgan fingerprint density at radius 1 is 1.19 bits per heavy atom. The standard InChI is InChI=1S/C20H24N2O3S/c1-13-4-6-15(7-5-13)17-10-22(11-18(17)21-14(2)23)20(24)19-9-8-16(25-19)12-26-3/h4-9,17-18H,10-12H2,1-3H3,(H,21,23). The molecule has 2 amide bonds. The van der Waals surface area contributed by atoms with Gasteiger partial charge in [-0.3, -0.25) is 9.59 Å².